The van der Waals surface area contributed by atoms with Crippen LogP contribution in [0.15, 0.2) is 6.07 Å². The van der Waals surface area contributed by atoms with Gasteiger partial charge in [0.2, 0.25) is 5.95 Å². The Hall–Kier alpha value is -1.73. The van der Waals surface area contributed by atoms with Gasteiger partial charge < -0.3 is 20.1 Å². The fraction of sp³-hybridized carbons (Fsp3) is 0.615. The number of nitrogens with one attached hydrogen (secondary N) is 2. The first-order chi connectivity index (χ1) is 9.67. The van der Waals surface area contributed by atoms with Crippen molar-refractivity contribution in [2.45, 2.75) is 13.3 Å². The van der Waals surface area contributed by atoms with Gasteiger partial charge in [-0.15, -0.1) is 0 Å². The Bertz CT molecular complexity index is 426. The summed E-state index contributed by atoms with van der Waals surface area (Å²) >= 11 is 0. The number of amides is 1. The largest absolute Gasteiger partial charge is 0.385 e. The highest BCUT2D eigenvalue weighted by molar-refractivity contribution is 5.92. The first-order valence-electron chi connectivity index (χ1n) is 6.53. The van der Waals surface area contributed by atoms with E-state index in [1.165, 1.54) is 0 Å². The Morgan fingerprint density at radius 1 is 1.20 bits per heavy atom. The van der Waals surface area contributed by atoms with Gasteiger partial charge in [-0.1, -0.05) is 0 Å². The summed E-state index contributed by atoms with van der Waals surface area (Å²) in [6.45, 7) is 4.12. The van der Waals surface area contributed by atoms with Crippen molar-refractivity contribution in [2.24, 2.45) is 0 Å². The molecule has 0 aliphatic heterocycles. The molecule has 1 rings (SSSR count). The summed E-state index contributed by atoms with van der Waals surface area (Å²) in [5.41, 5.74) is 1.09. The first-order valence-corrected chi connectivity index (χ1v) is 6.53. The molecule has 2 N–H and O–H groups in total. The predicted molar refractivity (Wildman–Crippen MR) is 76.0 cm³/mol. The summed E-state index contributed by atoms with van der Waals surface area (Å²) < 4.78 is 9.84. The second-order valence-electron chi connectivity index (χ2n) is 4.24. The van der Waals surface area contributed by atoms with E-state index >= 15 is 0 Å². The number of aromatic nitrogens is 2. The van der Waals surface area contributed by atoms with Crippen LogP contribution in [-0.2, 0) is 9.47 Å². The molecule has 1 amide bonds. The minimum atomic E-state index is -0.229. The summed E-state index contributed by atoms with van der Waals surface area (Å²) in [5, 5.41) is 5.80. The zero-order chi connectivity index (χ0) is 14.8. The molecule has 0 fully saturated rings. The van der Waals surface area contributed by atoms with Crippen molar-refractivity contribution in [3.63, 3.8) is 0 Å². The second-order valence-corrected chi connectivity index (χ2v) is 4.24. The first kappa shape index (κ1) is 16.3. The topological polar surface area (TPSA) is 85.4 Å². The lowest BCUT2D eigenvalue weighted by molar-refractivity contribution is 0.0932. The summed E-state index contributed by atoms with van der Waals surface area (Å²) in [6.07, 6.45) is 0.850. The van der Waals surface area contributed by atoms with E-state index < -0.39 is 0 Å². The molecule has 0 saturated heterocycles. The van der Waals surface area contributed by atoms with Crippen LogP contribution >= 0.6 is 0 Å². The number of ether oxygens (including phenoxy) is 2. The molecule has 7 heteroatoms. The number of hydrogen-bond acceptors (Lipinski definition) is 6. The molecule has 0 atom stereocenters. The molecule has 0 aliphatic carbocycles. The summed E-state index contributed by atoms with van der Waals surface area (Å²) in [5.74, 6) is 0.227. The zero-order valence-corrected chi connectivity index (χ0v) is 12.2. The van der Waals surface area contributed by atoms with Crippen LogP contribution in [0.3, 0.4) is 0 Å². The van der Waals surface area contributed by atoms with E-state index in [0.29, 0.717) is 37.9 Å². The summed E-state index contributed by atoms with van der Waals surface area (Å²) in [4.78, 5) is 20.3. The molecule has 0 aromatic carbocycles. The van der Waals surface area contributed by atoms with E-state index in [1.807, 2.05) is 6.92 Å². The Balaban J connectivity index is 2.58. The highest BCUT2D eigenvalue weighted by Crippen LogP contribution is 2.05. The lowest BCUT2D eigenvalue weighted by atomic mass is 10.3. The Labute approximate surface area is 119 Å². The zero-order valence-electron chi connectivity index (χ0n) is 12.2. The average Bonchev–Trinajstić information content (AvgIpc) is 2.43. The molecule has 112 valence electrons. The highest BCUT2D eigenvalue weighted by Gasteiger charge is 2.09. The number of carbonyl (C=O) groups is 1. The lowest BCUT2D eigenvalue weighted by Crippen LogP contribution is -2.28. The van der Waals surface area contributed by atoms with Gasteiger partial charge >= 0.3 is 0 Å². The second kappa shape index (κ2) is 9.22. The van der Waals surface area contributed by atoms with Crippen LogP contribution in [0.5, 0.6) is 0 Å². The van der Waals surface area contributed by atoms with Gasteiger partial charge in [-0.3, -0.25) is 4.79 Å². The molecule has 0 radical (unpaired) electrons. The van der Waals surface area contributed by atoms with Crippen LogP contribution in [0.25, 0.3) is 0 Å². The number of anilines is 1. The van der Waals surface area contributed by atoms with E-state index in [1.54, 1.807) is 20.3 Å². The van der Waals surface area contributed by atoms with Gasteiger partial charge in [0.15, 0.2) is 0 Å². The van der Waals surface area contributed by atoms with E-state index in [4.69, 9.17) is 9.47 Å². The molecule has 1 aromatic rings. The summed E-state index contributed by atoms with van der Waals surface area (Å²) in [6, 6.07) is 1.66. The SMILES string of the molecule is COCCCNc1nc(C)cc(C(=O)NCCOC)n1. The Morgan fingerprint density at radius 3 is 2.65 bits per heavy atom. The van der Waals surface area contributed by atoms with Crippen molar-refractivity contribution in [3.8, 4) is 0 Å². The fourth-order valence-electron chi connectivity index (χ4n) is 1.54. The van der Waals surface area contributed by atoms with Crippen LogP contribution < -0.4 is 10.6 Å². The normalized spacial score (nSPS) is 10.3. The lowest BCUT2D eigenvalue weighted by Gasteiger charge is -2.08. The van der Waals surface area contributed by atoms with Crippen molar-refractivity contribution in [1.82, 2.24) is 15.3 Å². The minimum absolute atomic E-state index is 0.229. The van der Waals surface area contributed by atoms with Crippen LogP contribution in [0.1, 0.15) is 22.6 Å². The monoisotopic (exact) mass is 282 g/mol. The average molecular weight is 282 g/mol. The van der Waals surface area contributed by atoms with Gasteiger partial charge in [-0.25, -0.2) is 9.97 Å². The van der Waals surface area contributed by atoms with Gasteiger partial charge in [0.05, 0.1) is 6.61 Å². The van der Waals surface area contributed by atoms with Gasteiger partial charge in [-0.05, 0) is 19.4 Å². The molecule has 1 heterocycles. The van der Waals surface area contributed by atoms with Gasteiger partial charge in [0.25, 0.3) is 5.91 Å². The predicted octanol–water partition coefficient (Wildman–Crippen LogP) is 0.610. The van der Waals surface area contributed by atoms with Crippen LogP contribution in [-0.4, -0.2) is 56.4 Å². The highest BCUT2D eigenvalue weighted by atomic mass is 16.5. The third-order valence-corrected chi connectivity index (χ3v) is 2.49. The Morgan fingerprint density at radius 2 is 1.95 bits per heavy atom. The molecule has 20 heavy (non-hydrogen) atoms. The molecule has 1 aromatic heterocycles. The van der Waals surface area contributed by atoms with Crippen molar-refractivity contribution < 1.29 is 14.3 Å². The number of hydrogen-bond donors (Lipinski definition) is 2. The van der Waals surface area contributed by atoms with Crippen LogP contribution in [0.2, 0.25) is 0 Å². The fourth-order valence-corrected chi connectivity index (χ4v) is 1.54. The molecule has 0 unspecified atom stereocenters. The van der Waals surface area contributed by atoms with Crippen molar-refractivity contribution in [1.29, 1.82) is 0 Å². The number of nitrogens with zero attached hydrogens (tertiary/aromatic N) is 2. The van der Waals surface area contributed by atoms with Gasteiger partial charge in [-0.2, -0.15) is 0 Å². The molecule has 0 saturated carbocycles. The molecule has 7 nitrogen and oxygen atoms in total. The molecule has 0 aliphatic rings. The van der Waals surface area contributed by atoms with E-state index in [-0.39, 0.29) is 5.91 Å². The van der Waals surface area contributed by atoms with Crippen molar-refractivity contribution in [3.05, 3.63) is 17.5 Å². The molecule has 0 spiro atoms. The van der Waals surface area contributed by atoms with Gasteiger partial charge in [0.1, 0.15) is 5.69 Å². The maximum absolute atomic E-state index is 11.9. The van der Waals surface area contributed by atoms with Crippen LogP contribution in [0.4, 0.5) is 5.95 Å². The minimum Gasteiger partial charge on any atom is -0.385 e. The number of carbonyl (C=O) groups excluding carboxylic acids is 1. The Kier molecular flexibility index (Phi) is 7.52. The number of methoxy groups -OCH3 is 2. The maximum atomic E-state index is 11.9. The smallest absolute Gasteiger partial charge is 0.270 e. The van der Waals surface area contributed by atoms with E-state index in [9.17, 15) is 4.79 Å². The molecule has 0 bridgehead atoms. The van der Waals surface area contributed by atoms with Crippen molar-refractivity contribution in [2.75, 3.05) is 45.8 Å². The van der Waals surface area contributed by atoms with Gasteiger partial charge in [0, 0.05) is 39.6 Å². The van der Waals surface area contributed by atoms with E-state index in [2.05, 4.69) is 20.6 Å². The summed E-state index contributed by atoms with van der Waals surface area (Å²) in [7, 11) is 3.24. The van der Waals surface area contributed by atoms with Crippen LogP contribution in [0, 0.1) is 6.92 Å². The molecular weight excluding hydrogens is 260 g/mol. The molecular formula is C13H22N4O3. The van der Waals surface area contributed by atoms with Crippen molar-refractivity contribution >= 4 is 11.9 Å². The number of rotatable bonds is 9. The number of aryl methyl sites for hydroxylation is 1. The standard InChI is InChI=1S/C13H22N4O3/c1-10-9-11(12(18)14-6-8-20-3)17-13(16-10)15-5-4-7-19-2/h9H,4-8H2,1-3H3,(H,14,18)(H,15,16,17). The third kappa shape index (κ3) is 5.94. The third-order valence-electron chi connectivity index (χ3n) is 2.49. The quantitative estimate of drug-likeness (QED) is 0.645. The maximum Gasteiger partial charge on any atom is 0.270 e. The van der Waals surface area contributed by atoms with E-state index in [0.717, 1.165) is 12.1 Å².